The van der Waals surface area contributed by atoms with Gasteiger partial charge in [0.1, 0.15) is 17.1 Å². The van der Waals surface area contributed by atoms with E-state index in [0.717, 1.165) is 79.1 Å². The molecule has 3 atom stereocenters. The van der Waals surface area contributed by atoms with Crippen LogP contribution in [0.25, 0.3) is 11.0 Å². The van der Waals surface area contributed by atoms with Gasteiger partial charge in [-0.1, -0.05) is 18.2 Å². The third-order valence-electron chi connectivity index (χ3n) is 8.01. The van der Waals surface area contributed by atoms with E-state index >= 15 is 0 Å². The molecule has 3 heterocycles. The molecule has 3 fully saturated rings. The molecule has 1 saturated carbocycles. The fourth-order valence-corrected chi connectivity index (χ4v) is 8.33. The van der Waals surface area contributed by atoms with Gasteiger partial charge < -0.3 is 14.5 Å². The van der Waals surface area contributed by atoms with Crippen molar-refractivity contribution in [2.45, 2.75) is 62.9 Å². The molecule has 3 aliphatic rings. The molecule has 0 amide bonds. The molecule has 6 rings (SSSR count). The lowest BCUT2D eigenvalue weighted by atomic mass is 9.99. The molecule has 2 aromatic carbocycles. The van der Waals surface area contributed by atoms with E-state index < -0.39 is 10.0 Å². The fraction of sp³-hybridized carbons (Fsp3) is 0.519. The number of nitrogens with zero attached hydrogens (tertiary/aromatic N) is 2. The number of sulfonamides is 1. The Labute approximate surface area is 206 Å². The Balaban J connectivity index is 1.34. The van der Waals surface area contributed by atoms with E-state index in [1.807, 2.05) is 44.2 Å². The molecule has 0 unspecified atom stereocenters. The van der Waals surface area contributed by atoms with Crippen molar-refractivity contribution in [2.24, 2.45) is 11.8 Å². The van der Waals surface area contributed by atoms with Crippen molar-refractivity contribution in [3.8, 4) is 5.75 Å². The molecule has 8 heteroatoms. The Morgan fingerprint density at radius 3 is 2.77 bits per heavy atom. The summed E-state index contributed by atoms with van der Waals surface area (Å²) in [5.41, 5.74) is 3.40. The minimum Gasteiger partial charge on any atom is -0.491 e. The third-order valence-corrected chi connectivity index (χ3v) is 10.1. The molecule has 186 valence electrons. The van der Waals surface area contributed by atoms with Gasteiger partial charge in [-0.25, -0.2) is 13.4 Å². The van der Waals surface area contributed by atoms with Crippen LogP contribution in [-0.2, 0) is 14.8 Å². The summed E-state index contributed by atoms with van der Waals surface area (Å²) < 4.78 is 41.4. The van der Waals surface area contributed by atoms with Crippen LogP contribution < -0.4 is 4.74 Å². The zero-order valence-electron chi connectivity index (χ0n) is 20.4. The lowest BCUT2D eigenvalue weighted by molar-refractivity contribution is 0.0499. The first kappa shape index (κ1) is 23.0. The molecule has 1 N–H and O–H groups in total. The second-order valence-corrected chi connectivity index (χ2v) is 12.2. The highest BCUT2D eigenvalue weighted by atomic mass is 32.2. The van der Waals surface area contributed by atoms with E-state index in [4.69, 9.17) is 14.5 Å². The van der Waals surface area contributed by atoms with Gasteiger partial charge in [-0.2, -0.15) is 4.31 Å². The van der Waals surface area contributed by atoms with E-state index in [9.17, 15) is 8.42 Å². The second-order valence-electron chi connectivity index (χ2n) is 10.4. The largest absolute Gasteiger partial charge is 0.491 e. The average molecular weight is 496 g/mol. The zero-order chi connectivity index (χ0) is 24.2. The van der Waals surface area contributed by atoms with E-state index in [1.54, 1.807) is 10.4 Å². The molecule has 2 aliphatic heterocycles. The van der Waals surface area contributed by atoms with Gasteiger partial charge in [0, 0.05) is 19.3 Å². The number of hydrogen-bond donors (Lipinski definition) is 1. The molecule has 1 aromatic heterocycles. The third kappa shape index (κ3) is 4.05. The number of imidazole rings is 1. The van der Waals surface area contributed by atoms with Gasteiger partial charge in [-0.05, 0) is 87.1 Å². The molecular weight excluding hydrogens is 462 g/mol. The average Bonchev–Trinajstić information content (AvgIpc) is 3.59. The standard InChI is InChI=1S/C27H33N3O4S/c1-17-6-7-18(2)24(14-17)35(31,32)30-21-9-8-20(15-21)26(30)27-28-22-4-3-5-23(25(22)29-27)34-16-19-10-12-33-13-11-19/h3-7,14,19-21,26H,8-13,15-16H2,1-2H3,(H,28,29)/t20-,21+,26-/m0/s1. The van der Waals surface area contributed by atoms with Crippen molar-refractivity contribution in [2.75, 3.05) is 19.8 Å². The van der Waals surface area contributed by atoms with Crippen LogP contribution in [-0.4, -0.2) is 48.6 Å². The van der Waals surface area contributed by atoms with Gasteiger partial charge in [-0.15, -0.1) is 0 Å². The number of aromatic nitrogens is 2. The van der Waals surface area contributed by atoms with Crippen molar-refractivity contribution in [1.82, 2.24) is 14.3 Å². The minimum atomic E-state index is -3.66. The van der Waals surface area contributed by atoms with Crippen molar-refractivity contribution in [3.63, 3.8) is 0 Å². The van der Waals surface area contributed by atoms with Crippen LogP contribution in [0, 0.1) is 25.7 Å². The summed E-state index contributed by atoms with van der Waals surface area (Å²) >= 11 is 0. The van der Waals surface area contributed by atoms with Crippen LogP contribution in [0.3, 0.4) is 0 Å². The van der Waals surface area contributed by atoms with Gasteiger partial charge >= 0.3 is 0 Å². The molecule has 1 aliphatic carbocycles. The predicted molar refractivity (Wildman–Crippen MR) is 134 cm³/mol. The highest BCUT2D eigenvalue weighted by Gasteiger charge is 2.53. The van der Waals surface area contributed by atoms with Crippen LogP contribution in [0.1, 0.15) is 55.1 Å². The Bertz CT molecular complexity index is 1350. The lowest BCUT2D eigenvalue weighted by Crippen LogP contribution is -2.40. The zero-order valence-corrected chi connectivity index (χ0v) is 21.2. The number of para-hydroxylation sites is 1. The normalized spacial score (nSPS) is 25.5. The highest BCUT2D eigenvalue weighted by molar-refractivity contribution is 7.89. The second kappa shape index (κ2) is 8.91. The Morgan fingerprint density at radius 2 is 1.94 bits per heavy atom. The Kier molecular flexibility index (Phi) is 5.86. The highest BCUT2D eigenvalue weighted by Crippen LogP contribution is 2.52. The van der Waals surface area contributed by atoms with E-state index in [0.29, 0.717) is 17.4 Å². The molecule has 0 spiro atoms. The number of fused-ring (bicyclic) bond motifs is 3. The molecule has 0 radical (unpaired) electrons. The van der Waals surface area contributed by atoms with Gasteiger partial charge in [0.05, 0.1) is 23.1 Å². The first-order valence-electron chi connectivity index (χ1n) is 12.7. The summed E-state index contributed by atoms with van der Waals surface area (Å²) in [5, 5.41) is 0. The maximum absolute atomic E-state index is 14.0. The van der Waals surface area contributed by atoms with Gasteiger partial charge in [0.2, 0.25) is 10.0 Å². The number of aryl methyl sites for hydroxylation is 2. The summed E-state index contributed by atoms with van der Waals surface area (Å²) in [6.45, 7) is 6.04. The predicted octanol–water partition coefficient (Wildman–Crippen LogP) is 4.90. The summed E-state index contributed by atoms with van der Waals surface area (Å²) in [4.78, 5) is 8.84. The topological polar surface area (TPSA) is 84.5 Å². The number of rotatable bonds is 6. The Morgan fingerprint density at radius 1 is 1.11 bits per heavy atom. The molecular formula is C27H33N3O4S. The van der Waals surface area contributed by atoms with Crippen molar-refractivity contribution in [1.29, 1.82) is 0 Å². The number of ether oxygens (including phenoxy) is 2. The van der Waals surface area contributed by atoms with Gasteiger partial charge in [0.15, 0.2) is 0 Å². The molecule has 7 nitrogen and oxygen atoms in total. The van der Waals surface area contributed by atoms with E-state index in [2.05, 4.69) is 4.98 Å². The van der Waals surface area contributed by atoms with Crippen molar-refractivity contribution >= 4 is 21.1 Å². The maximum atomic E-state index is 14.0. The summed E-state index contributed by atoms with van der Waals surface area (Å²) in [6.07, 6.45) is 4.85. The smallest absolute Gasteiger partial charge is 0.244 e. The summed E-state index contributed by atoms with van der Waals surface area (Å²) in [5.74, 6) is 2.24. The molecule has 3 aromatic rings. The minimum absolute atomic E-state index is 0.0207. The number of H-pyrrole nitrogens is 1. The van der Waals surface area contributed by atoms with Crippen LogP contribution in [0.2, 0.25) is 0 Å². The number of hydrogen-bond acceptors (Lipinski definition) is 5. The van der Waals surface area contributed by atoms with E-state index in [1.165, 1.54) is 0 Å². The van der Waals surface area contributed by atoms with Crippen LogP contribution >= 0.6 is 0 Å². The summed E-state index contributed by atoms with van der Waals surface area (Å²) in [7, 11) is -3.66. The molecule has 35 heavy (non-hydrogen) atoms. The Hall–Kier alpha value is -2.42. The van der Waals surface area contributed by atoms with E-state index in [-0.39, 0.29) is 18.0 Å². The number of piperidine rings is 1. The SMILES string of the molecule is Cc1ccc(C)c(S(=O)(=O)N2[C@@H]3CC[C@@H](C3)[C@H]2c2nc3c(OCC4CCOCC4)cccc3[nH]2)c1. The monoisotopic (exact) mass is 495 g/mol. The number of nitrogens with one attached hydrogen (secondary N) is 1. The number of aromatic amines is 1. The fourth-order valence-electron chi connectivity index (χ4n) is 6.13. The summed E-state index contributed by atoms with van der Waals surface area (Å²) in [6, 6.07) is 11.3. The van der Waals surface area contributed by atoms with Crippen molar-refractivity contribution < 1.29 is 17.9 Å². The number of benzene rings is 2. The van der Waals surface area contributed by atoms with Crippen LogP contribution in [0.15, 0.2) is 41.3 Å². The first-order chi connectivity index (χ1) is 16.9. The van der Waals surface area contributed by atoms with Gasteiger partial charge in [-0.3, -0.25) is 0 Å². The van der Waals surface area contributed by atoms with Gasteiger partial charge in [0.25, 0.3) is 0 Å². The quantitative estimate of drug-likeness (QED) is 0.526. The van der Waals surface area contributed by atoms with Crippen LogP contribution in [0.4, 0.5) is 0 Å². The lowest BCUT2D eigenvalue weighted by Gasteiger charge is -2.33. The van der Waals surface area contributed by atoms with Crippen molar-refractivity contribution in [3.05, 3.63) is 53.3 Å². The molecule has 2 bridgehead atoms. The maximum Gasteiger partial charge on any atom is 0.244 e. The van der Waals surface area contributed by atoms with Crippen LogP contribution in [0.5, 0.6) is 5.75 Å². The first-order valence-corrected chi connectivity index (χ1v) is 14.2. The molecule has 2 saturated heterocycles.